The van der Waals surface area contributed by atoms with Gasteiger partial charge >= 0.3 is 6.03 Å². The Morgan fingerprint density at radius 1 is 1.33 bits per heavy atom. The Hall–Kier alpha value is -1.82. The summed E-state index contributed by atoms with van der Waals surface area (Å²) in [7, 11) is 0. The number of amides is 2. The molecule has 0 aliphatic carbocycles. The normalized spacial score (nSPS) is 24.8. The van der Waals surface area contributed by atoms with Crippen LogP contribution >= 0.6 is 0 Å². The number of carbonyl (C=O) groups excluding carboxylic acids is 1. The Morgan fingerprint density at radius 2 is 2.12 bits per heavy atom. The van der Waals surface area contributed by atoms with Gasteiger partial charge in [0.25, 0.3) is 0 Å². The van der Waals surface area contributed by atoms with E-state index in [0.29, 0.717) is 19.6 Å². The minimum atomic E-state index is -0.420. The monoisotopic (exact) mass is 332 g/mol. The van der Waals surface area contributed by atoms with Crippen molar-refractivity contribution in [3.8, 4) is 0 Å². The SMILES string of the molecule is CC1CCN(C(=O)NCc2ccnc(N3CCCCC3)c2)CC1O. The first-order valence-corrected chi connectivity index (χ1v) is 9.04. The molecule has 2 amide bonds. The Kier molecular flexibility index (Phi) is 5.56. The average molecular weight is 332 g/mol. The first-order chi connectivity index (χ1) is 11.6. The van der Waals surface area contributed by atoms with Crippen molar-refractivity contribution in [1.82, 2.24) is 15.2 Å². The number of urea groups is 1. The summed E-state index contributed by atoms with van der Waals surface area (Å²) in [5.74, 6) is 1.27. The summed E-state index contributed by atoms with van der Waals surface area (Å²) in [5.41, 5.74) is 1.06. The maximum atomic E-state index is 12.3. The van der Waals surface area contributed by atoms with E-state index < -0.39 is 6.10 Å². The molecule has 0 radical (unpaired) electrons. The highest BCUT2D eigenvalue weighted by Crippen LogP contribution is 2.19. The molecule has 2 N–H and O–H groups in total. The molecule has 2 aliphatic rings. The van der Waals surface area contributed by atoms with Gasteiger partial charge in [-0.2, -0.15) is 0 Å². The second-order valence-corrected chi connectivity index (χ2v) is 7.01. The number of β-amino-alcohol motifs (C(OH)–C–C–N with tert-alkyl or cyclic N) is 1. The van der Waals surface area contributed by atoms with Gasteiger partial charge in [0.05, 0.1) is 6.10 Å². The highest BCUT2D eigenvalue weighted by molar-refractivity contribution is 5.74. The molecule has 2 fully saturated rings. The molecule has 132 valence electrons. The number of likely N-dealkylation sites (tertiary alicyclic amines) is 1. The Morgan fingerprint density at radius 3 is 2.88 bits per heavy atom. The van der Waals surface area contributed by atoms with Crippen molar-refractivity contribution in [2.45, 2.75) is 45.3 Å². The number of carbonyl (C=O) groups is 1. The number of pyridine rings is 1. The fourth-order valence-electron chi connectivity index (χ4n) is 3.39. The smallest absolute Gasteiger partial charge is 0.317 e. The Labute approximate surface area is 143 Å². The Balaban J connectivity index is 1.53. The number of aromatic nitrogens is 1. The third kappa shape index (κ3) is 4.17. The zero-order valence-electron chi connectivity index (χ0n) is 14.4. The molecule has 0 saturated carbocycles. The van der Waals surface area contributed by atoms with Crippen molar-refractivity contribution in [2.75, 3.05) is 31.1 Å². The first kappa shape index (κ1) is 17.0. The molecule has 2 unspecified atom stereocenters. The number of nitrogens with zero attached hydrogens (tertiary/aromatic N) is 3. The van der Waals surface area contributed by atoms with Crippen molar-refractivity contribution in [3.63, 3.8) is 0 Å². The molecule has 2 saturated heterocycles. The van der Waals surface area contributed by atoms with Crippen molar-refractivity contribution < 1.29 is 9.90 Å². The molecule has 2 atom stereocenters. The van der Waals surface area contributed by atoms with Crippen LogP contribution < -0.4 is 10.2 Å². The van der Waals surface area contributed by atoms with Gasteiger partial charge in [0, 0.05) is 38.9 Å². The minimum absolute atomic E-state index is 0.0997. The zero-order valence-corrected chi connectivity index (χ0v) is 14.4. The fraction of sp³-hybridized carbons (Fsp3) is 0.667. The van der Waals surface area contributed by atoms with E-state index in [9.17, 15) is 9.90 Å². The molecule has 0 aromatic carbocycles. The van der Waals surface area contributed by atoms with Crippen LogP contribution in [0.15, 0.2) is 18.3 Å². The lowest BCUT2D eigenvalue weighted by molar-refractivity contribution is 0.0435. The summed E-state index contributed by atoms with van der Waals surface area (Å²) in [5, 5.41) is 12.9. The number of aliphatic hydroxyl groups excluding tert-OH is 1. The summed E-state index contributed by atoms with van der Waals surface area (Å²) >= 11 is 0. The molecule has 2 aliphatic heterocycles. The van der Waals surface area contributed by atoms with Gasteiger partial charge in [0.15, 0.2) is 0 Å². The number of nitrogens with one attached hydrogen (secondary N) is 1. The number of aliphatic hydroxyl groups is 1. The van der Waals surface area contributed by atoms with E-state index in [1.165, 1.54) is 19.3 Å². The van der Waals surface area contributed by atoms with Crippen molar-refractivity contribution >= 4 is 11.8 Å². The zero-order chi connectivity index (χ0) is 16.9. The van der Waals surface area contributed by atoms with Gasteiger partial charge in [0.1, 0.15) is 5.82 Å². The molecule has 1 aromatic rings. The standard InChI is InChI=1S/C18H28N4O2/c1-14-6-10-22(13-16(14)23)18(24)20-12-15-5-7-19-17(11-15)21-8-3-2-4-9-21/h5,7,11,14,16,23H,2-4,6,8-10,12-13H2,1H3,(H,20,24). The lowest BCUT2D eigenvalue weighted by Crippen LogP contribution is -2.49. The molecule has 1 aromatic heterocycles. The van der Waals surface area contributed by atoms with Crippen molar-refractivity contribution in [2.24, 2.45) is 5.92 Å². The van der Waals surface area contributed by atoms with E-state index >= 15 is 0 Å². The van der Waals surface area contributed by atoms with E-state index in [0.717, 1.165) is 30.9 Å². The van der Waals surface area contributed by atoms with Crippen LogP contribution in [-0.4, -0.2) is 53.3 Å². The molecule has 0 bridgehead atoms. The molecule has 3 heterocycles. The second kappa shape index (κ2) is 7.83. The van der Waals surface area contributed by atoms with Crippen LogP contribution in [0, 0.1) is 5.92 Å². The molecule has 24 heavy (non-hydrogen) atoms. The van der Waals surface area contributed by atoms with Crippen LogP contribution in [0.5, 0.6) is 0 Å². The molecule has 0 spiro atoms. The van der Waals surface area contributed by atoms with Crippen LogP contribution in [0.25, 0.3) is 0 Å². The quantitative estimate of drug-likeness (QED) is 0.888. The highest BCUT2D eigenvalue weighted by atomic mass is 16.3. The number of piperidine rings is 2. The predicted molar refractivity (Wildman–Crippen MR) is 93.9 cm³/mol. The largest absolute Gasteiger partial charge is 0.391 e. The molecular formula is C18H28N4O2. The molecule has 6 heteroatoms. The third-order valence-electron chi connectivity index (χ3n) is 5.14. The maximum absolute atomic E-state index is 12.3. The summed E-state index contributed by atoms with van der Waals surface area (Å²) in [6.07, 6.45) is 5.99. The minimum Gasteiger partial charge on any atom is -0.391 e. The number of hydrogen-bond acceptors (Lipinski definition) is 4. The van der Waals surface area contributed by atoms with Crippen LogP contribution in [0.1, 0.15) is 38.2 Å². The summed E-state index contributed by atoms with van der Waals surface area (Å²) in [6, 6.07) is 3.91. The maximum Gasteiger partial charge on any atom is 0.317 e. The van der Waals surface area contributed by atoms with Crippen molar-refractivity contribution in [3.05, 3.63) is 23.9 Å². The summed E-state index contributed by atoms with van der Waals surface area (Å²) in [6.45, 7) is 5.77. The Bertz CT molecular complexity index is 560. The van der Waals surface area contributed by atoms with E-state index in [2.05, 4.69) is 21.3 Å². The van der Waals surface area contributed by atoms with E-state index in [1.54, 1.807) is 4.90 Å². The second-order valence-electron chi connectivity index (χ2n) is 7.01. The molecular weight excluding hydrogens is 304 g/mol. The number of hydrogen-bond donors (Lipinski definition) is 2. The summed E-state index contributed by atoms with van der Waals surface area (Å²) in [4.78, 5) is 20.8. The molecule has 6 nitrogen and oxygen atoms in total. The highest BCUT2D eigenvalue weighted by Gasteiger charge is 2.27. The van der Waals surface area contributed by atoms with Crippen LogP contribution in [0.2, 0.25) is 0 Å². The lowest BCUT2D eigenvalue weighted by atomic mass is 9.96. The number of rotatable bonds is 3. The topological polar surface area (TPSA) is 68.7 Å². The lowest BCUT2D eigenvalue weighted by Gasteiger charge is -2.34. The van der Waals surface area contributed by atoms with Gasteiger partial charge in [-0.1, -0.05) is 6.92 Å². The van der Waals surface area contributed by atoms with E-state index in [1.807, 2.05) is 19.2 Å². The van der Waals surface area contributed by atoms with Crippen LogP contribution in [0.4, 0.5) is 10.6 Å². The fourth-order valence-corrected chi connectivity index (χ4v) is 3.39. The van der Waals surface area contributed by atoms with Gasteiger partial charge in [-0.3, -0.25) is 0 Å². The first-order valence-electron chi connectivity index (χ1n) is 9.04. The number of anilines is 1. The predicted octanol–water partition coefficient (Wildman–Crippen LogP) is 1.98. The van der Waals surface area contributed by atoms with Crippen LogP contribution in [0.3, 0.4) is 0 Å². The van der Waals surface area contributed by atoms with Crippen molar-refractivity contribution in [1.29, 1.82) is 0 Å². The van der Waals surface area contributed by atoms with Gasteiger partial charge in [-0.05, 0) is 49.3 Å². The van der Waals surface area contributed by atoms with Gasteiger partial charge in [0.2, 0.25) is 0 Å². The van der Waals surface area contributed by atoms with Crippen LogP contribution in [-0.2, 0) is 6.54 Å². The van der Waals surface area contributed by atoms with E-state index in [4.69, 9.17) is 0 Å². The average Bonchev–Trinajstić information content (AvgIpc) is 2.63. The van der Waals surface area contributed by atoms with Gasteiger partial charge in [-0.25, -0.2) is 9.78 Å². The molecule has 3 rings (SSSR count). The van der Waals surface area contributed by atoms with Gasteiger partial charge in [-0.15, -0.1) is 0 Å². The third-order valence-corrected chi connectivity index (χ3v) is 5.14. The van der Waals surface area contributed by atoms with Gasteiger partial charge < -0.3 is 20.2 Å². The summed E-state index contributed by atoms with van der Waals surface area (Å²) < 4.78 is 0. The van der Waals surface area contributed by atoms with E-state index in [-0.39, 0.29) is 11.9 Å².